The molecule has 0 spiro atoms. The van der Waals surface area contributed by atoms with Crippen LogP contribution in [0.1, 0.15) is 26.7 Å². The summed E-state index contributed by atoms with van der Waals surface area (Å²) < 4.78 is 5.64. The van der Waals surface area contributed by atoms with Crippen LogP contribution in [0, 0.1) is 0 Å². The zero-order valence-electron chi connectivity index (χ0n) is 10.2. The summed E-state index contributed by atoms with van der Waals surface area (Å²) in [6, 6.07) is 5.90. The minimum Gasteiger partial charge on any atom is -0.491 e. The Kier molecular flexibility index (Phi) is 3.52. The number of ether oxygens (including phenoxy) is 1. The van der Waals surface area contributed by atoms with E-state index >= 15 is 0 Å². The Morgan fingerprint density at radius 3 is 3.06 bits per heavy atom. The van der Waals surface area contributed by atoms with Crippen molar-refractivity contribution in [2.45, 2.75) is 32.7 Å². The smallest absolute Gasteiger partial charge is 0.226 e. The Morgan fingerprint density at radius 1 is 1.47 bits per heavy atom. The van der Waals surface area contributed by atoms with Crippen molar-refractivity contribution in [2.75, 3.05) is 17.2 Å². The molecule has 0 aliphatic carbocycles. The fraction of sp³-hybridized carbons (Fsp3) is 0.462. The van der Waals surface area contributed by atoms with E-state index in [-0.39, 0.29) is 11.9 Å². The number of nitrogens with one attached hydrogen (secondary N) is 2. The van der Waals surface area contributed by atoms with E-state index in [2.05, 4.69) is 17.6 Å². The standard InChI is InChI=1S/C13H18N2O2/c1-3-7-17-11-6-4-5-10-13(11)15-12(16)8-9(2)14-10/h4-6,9,14H,3,7-8H2,1-2H3,(H,15,16). The van der Waals surface area contributed by atoms with Crippen molar-refractivity contribution in [2.24, 2.45) is 0 Å². The number of hydrogen-bond donors (Lipinski definition) is 2. The molecule has 2 rings (SSSR count). The third-order valence-electron chi connectivity index (χ3n) is 2.65. The maximum Gasteiger partial charge on any atom is 0.226 e. The number of benzene rings is 1. The van der Waals surface area contributed by atoms with Crippen molar-refractivity contribution < 1.29 is 9.53 Å². The second-order valence-corrected chi connectivity index (χ2v) is 4.32. The van der Waals surface area contributed by atoms with Gasteiger partial charge in [0.05, 0.1) is 12.3 Å². The molecule has 0 bridgehead atoms. The predicted molar refractivity (Wildman–Crippen MR) is 68.6 cm³/mol. The number of carbonyl (C=O) groups excluding carboxylic acids is 1. The van der Waals surface area contributed by atoms with Gasteiger partial charge in [-0.1, -0.05) is 13.0 Å². The molecule has 0 saturated heterocycles. The molecule has 1 aromatic rings. The van der Waals surface area contributed by atoms with E-state index in [1.807, 2.05) is 25.1 Å². The molecule has 4 heteroatoms. The van der Waals surface area contributed by atoms with Crippen LogP contribution in [0.3, 0.4) is 0 Å². The third-order valence-corrected chi connectivity index (χ3v) is 2.65. The molecule has 4 nitrogen and oxygen atoms in total. The minimum atomic E-state index is 0.0244. The van der Waals surface area contributed by atoms with E-state index in [1.54, 1.807) is 0 Å². The lowest BCUT2D eigenvalue weighted by Gasteiger charge is -2.15. The third kappa shape index (κ3) is 2.70. The lowest BCUT2D eigenvalue weighted by atomic mass is 10.2. The summed E-state index contributed by atoms with van der Waals surface area (Å²) in [5, 5.41) is 6.21. The van der Waals surface area contributed by atoms with Gasteiger partial charge in [0, 0.05) is 12.5 Å². The number of carbonyl (C=O) groups is 1. The van der Waals surface area contributed by atoms with Crippen LogP contribution in [0.25, 0.3) is 0 Å². The molecule has 92 valence electrons. The number of para-hydroxylation sites is 1. The highest BCUT2D eigenvalue weighted by Gasteiger charge is 2.20. The van der Waals surface area contributed by atoms with Gasteiger partial charge in [-0.3, -0.25) is 4.79 Å². The van der Waals surface area contributed by atoms with E-state index in [1.165, 1.54) is 0 Å². The molecule has 0 aromatic heterocycles. The van der Waals surface area contributed by atoms with E-state index in [0.29, 0.717) is 13.0 Å². The van der Waals surface area contributed by atoms with Crippen molar-refractivity contribution in [1.82, 2.24) is 0 Å². The van der Waals surface area contributed by atoms with Crippen molar-refractivity contribution in [3.63, 3.8) is 0 Å². The van der Waals surface area contributed by atoms with Gasteiger partial charge in [0.2, 0.25) is 5.91 Å². The molecule has 1 unspecified atom stereocenters. The van der Waals surface area contributed by atoms with Crippen LogP contribution in [0.5, 0.6) is 5.75 Å². The average molecular weight is 234 g/mol. The van der Waals surface area contributed by atoms with Crippen molar-refractivity contribution >= 4 is 17.3 Å². The zero-order chi connectivity index (χ0) is 12.3. The number of hydrogen-bond acceptors (Lipinski definition) is 3. The number of amides is 1. The van der Waals surface area contributed by atoms with Crippen LogP contribution in [0.2, 0.25) is 0 Å². The summed E-state index contributed by atoms with van der Waals surface area (Å²) in [6.07, 6.45) is 1.42. The Balaban J connectivity index is 2.31. The largest absolute Gasteiger partial charge is 0.491 e. The first-order valence-electron chi connectivity index (χ1n) is 6.03. The molecule has 0 radical (unpaired) electrons. The molecule has 1 atom stereocenters. The second kappa shape index (κ2) is 5.08. The van der Waals surface area contributed by atoms with Gasteiger partial charge in [0.15, 0.2) is 0 Å². The van der Waals surface area contributed by atoms with Gasteiger partial charge in [-0.2, -0.15) is 0 Å². The molecule has 0 saturated carbocycles. The molecule has 2 N–H and O–H groups in total. The summed E-state index contributed by atoms with van der Waals surface area (Å²) in [5.74, 6) is 0.760. The molecular formula is C13H18N2O2. The van der Waals surface area contributed by atoms with Gasteiger partial charge in [0.25, 0.3) is 0 Å². The van der Waals surface area contributed by atoms with Gasteiger partial charge in [0.1, 0.15) is 11.4 Å². The zero-order valence-corrected chi connectivity index (χ0v) is 10.2. The van der Waals surface area contributed by atoms with Crippen molar-refractivity contribution in [3.8, 4) is 5.75 Å². The fourth-order valence-electron chi connectivity index (χ4n) is 1.90. The van der Waals surface area contributed by atoms with E-state index < -0.39 is 0 Å². The minimum absolute atomic E-state index is 0.0244. The van der Waals surface area contributed by atoms with E-state index in [0.717, 1.165) is 23.5 Å². The Hall–Kier alpha value is -1.71. The summed E-state index contributed by atoms with van der Waals surface area (Å²) in [7, 11) is 0. The SMILES string of the molecule is CCCOc1cccc2c1NC(=O)CC(C)N2. The van der Waals surface area contributed by atoms with Gasteiger partial charge in [-0.15, -0.1) is 0 Å². The van der Waals surface area contributed by atoms with Crippen LogP contribution in [0.15, 0.2) is 18.2 Å². The monoisotopic (exact) mass is 234 g/mol. The molecule has 17 heavy (non-hydrogen) atoms. The second-order valence-electron chi connectivity index (χ2n) is 4.32. The quantitative estimate of drug-likeness (QED) is 0.845. The summed E-state index contributed by atoms with van der Waals surface area (Å²) in [4.78, 5) is 11.7. The van der Waals surface area contributed by atoms with Crippen LogP contribution in [0.4, 0.5) is 11.4 Å². The number of fused-ring (bicyclic) bond motifs is 1. The van der Waals surface area contributed by atoms with Crippen LogP contribution < -0.4 is 15.4 Å². The Labute approximate surface area is 101 Å². The molecule has 1 heterocycles. The highest BCUT2D eigenvalue weighted by atomic mass is 16.5. The van der Waals surface area contributed by atoms with Gasteiger partial charge >= 0.3 is 0 Å². The molecular weight excluding hydrogens is 216 g/mol. The summed E-state index contributed by atoms with van der Waals surface area (Å²) in [5.41, 5.74) is 1.69. The first-order chi connectivity index (χ1) is 8.20. The Morgan fingerprint density at radius 2 is 2.29 bits per heavy atom. The van der Waals surface area contributed by atoms with Gasteiger partial charge in [-0.05, 0) is 25.5 Å². The van der Waals surface area contributed by atoms with Crippen molar-refractivity contribution in [1.29, 1.82) is 0 Å². The molecule has 0 fully saturated rings. The highest BCUT2D eigenvalue weighted by Crippen LogP contribution is 2.35. The highest BCUT2D eigenvalue weighted by molar-refractivity contribution is 5.98. The fourth-order valence-corrected chi connectivity index (χ4v) is 1.90. The van der Waals surface area contributed by atoms with Crippen LogP contribution >= 0.6 is 0 Å². The molecule has 1 aromatic carbocycles. The van der Waals surface area contributed by atoms with E-state index in [4.69, 9.17) is 4.74 Å². The van der Waals surface area contributed by atoms with E-state index in [9.17, 15) is 4.79 Å². The predicted octanol–water partition coefficient (Wildman–Crippen LogP) is 2.62. The lowest BCUT2D eigenvalue weighted by Crippen LogP contribution is -2.18. The summed E-state index contributed by atoms with van der Waals surface area (Å²) in [6.45, 7) is 4.71. The van der Waals surface area contributed by atoms with Gasteiger partial charge in [-0.25, -0.2) is 0 Å². The normalized spacial score (nSPS) is 18.7. The maximum atomic E-state index is 11.7. The van der Waals surface area contributed by atoms with Crippen molar-refractivity contribution in [3.05, 3.63) is 18.2 Å². The lowest BCUT2D eigenvalue weighted by molar-refractivity contribution is -0.116. The topological polar surface area (TPSA) is 50.4 Å². The first-order valence-corrected chi connectivity index (χ1v) is 6.03. The Bertz CT molecular complexity index is 418. The molecule has 1 aliphatic rings. The average Bonchev–Trinajstić information content (AvgIpc) is 2.43. The number of anilines is 2. The van der Waals surface area contributed by atoms with Crippen LogP contribution in [-0.4, -0.2) is 18.6 Å². The molecule has 1 aliphatic heterocycles. The van der Waals surface area contributed by atoms with Gasteiger partial charge < -0.3 is 15.4 Å². The summed E-state index contributed by atoms with van der Waals surface area (Å²) >= 11 is 0. The number of rotatable bonds is 3. The van der Waals surface area contributed by atoms with Crippen LogP contribution in [-0.2, 0) is 4.79 Å². The maximum absolute atomic E-state index is 11.7. The molecule has 1 amide bonds. The first kappa shape index (κ1) is 11.8.